The van der Waals surface area contributed by atoms with Crippen molar-refractivity contribution in [2.24, 2.45) is 5.92 Å². The number of nitrogens with one attached hydrogen (secondary N) is 2. The third-order valence-electron chi connectivity index (χ3n) is 4.09. The molecule has 2 aromatic rings. The largest absolute Gasteiger partial charge is 0.326 e. The molecule has 3 amide bonds. The summed E-state index contributed by atoms with van der Waals surface area (Å²) >= 11 is 5.84. The van der Waals surface area contributed by atoms with E-state index in [1.165, 1.54) is 6.92 Å². The van der Waals surface area contributed by atoms with Gasteiger partial charge in [-0.1, -0.05) is 17.7 Å². The van der Waals surface area contributed by atoms with Crippen LogP contribution >= 0.6 is 11.6 Å². The van der Waals surface area contributed by atoms with Gasteiger partial charge in [0.05, 0.1) is 5.92 Å². The van der Waals surface area contributed by atoms with Gasteiger partial charge in [0.25, 0.3) is 0 Å². The highest BCUT2D eigenvalue weighted by molar-refractivity contribution is 6.30. The van der Waals surface area contributed by atoms with E-state index in [9.17, 15) is 14.4 Å². The third-order valence-corrected chi connectivity index (χ3v) is 4.34. The smallest absolute Gasteiger partial charge is 0.229 e. The molecule has 1 heterocycles. The fraction of sp³-hybridized carbons (Fsp3) is 0.211. The van der Waals surface area contributed by atoms with Crippen LogP contribution in [0.2, 0.25) is 5.02 Å². The molecular formula is C19H18ClN3O3. The van der Waals surface area contributed by atoms with Crippen LogP contribution in [0.25, 0.3) is 0 Å². The van der Waals surface area contributed by atoms with Gasteiger partial charge in [-0.25, -0.2) is 0 Å². The fourth-order valence-corrected chi connectivity index (χ4v) is 2.99. The van der Waals surface area contributed by atoms with Gasteiger partial charge >= 0.3 is 0 Å². The summed E-state index contributed by atoms with van der Waals surface area (Å²) in [5.41, 5.74) is 1.90. The van der Waals surface area contributed by atoms with Gasteiger partial charge in [-0.2, -0.15) is 0 Å². The predicted molar refractivity (Wildman–Crippen MR) is 101 cm³/mol. The van der Waals surface area contributed by atoms with Crippen molar-refractivity contribution in [1.29, 1.82) is 0 Å². The molecule has 3 rings (SSSR count). The van der Waals surface area contributed by atoms with Crippen LogP contribution in [0, 0.1) is 5.92 Å². The first kappa shape index (κ1) is 17.9. The summed E-state index contributed by atoms with van der Waals surface area (Å²) in [5, 5.41) is 6.08. The van der Waals surface area contributed by atoms with Gasteiger partial charge in [-0.05, 0) is 42.5 Å². The van der Waals surface area contributed by atoms with E-state index in [4.69, 9.17) is 11.6 Å². The number of amides is 3. The number of rotatable bonds is 4. The van der Waals surface area contributed by atoms with Gasteiger partial charge in [-0.15, -0.1) is 0 Å². The second-order valence-corrected chi connectivity index (χ2v) is 6.57. The predicted octanol–water partition coefficient (Wildman–Crippen LogP) is 3.29. The topological polar surface area (TPSA) is 78.5 Å². The van der Waals surface area contributed by atoms with Crippen LogP contribution in [0.5, 0.6) is 0 Å². The minimum absolute atomic E-state index is 0.124. The number of hydrogen-bond acceptors (Lipinski definition) is 3. The molecular weight excluding hydrogens is 354 g/mol. The zero-order valence-corrected chi connectivity index (χ0v) is 14.9. The molecule has 0 spiro atoms. The Balaban J connectivity index is 1.69. The maximum absolute atomic E-state index is 12.5. The first-order valence-electron chi connectivity index (χ1n) is 8.17. The Morgan fingerprint density at radius 2 is 1.81 bits per heavy atom. The van der Waals surface area contributed by atoms with Crippen molar-refractivity contribution in [3.63, 3.8) is 0 Å². The van der Waals surface area contributed by atoms with E-state index in [1.807, 2.05) is 0 Å². The van der Waals surface area contributed by atoms with Crippen LogP contribution in [-0.2, 0) is 14.4 Å². The number of carbonyl (C=O) groups excluding carboxylic acids is 3. The monoisotopic (exact) mass is 371 g/mol. The van der Waals surface area contributed by atoms with Gasteiger partial charge in [0, 0.05) is 42.0 Å². The Bertz CT molecular complexity index is 851. The van der Waals surface area contributed by atoms with Crippen molar-refractivity contribution >= 4 is 46.4 Å². The summed E-state index contributed by atoms with van der Waals surface area (Å²) in [5.74, 6) is -0.958. The summed E-state index contributed by atoms with van der Waals surface area (Å²) in [7, 11) is 0. The van der Waals surface area contributed by atoms with Crippen LogP contribution in [0.1, 0.15) is 13.3 Å². The van der Waals surface area contributed by atoms with Crippen LogP contribution in [0.3, 0.4) is 0 Å². The summed E-state index contributed by atoms with van der Waals surface area (Å²) in [6, 6.07) is 13.8. The molecule has 6 nitrogen and oxygen atoms in total. The molecule has 0 aromatic heterocycles. The minimum atomic E-state index is -0.442. The molecule has 134 valence electrons. The minimum Gasteiger partial charge on any atom is -0.326 e. The van der Waals surface area contributed by atoms with Gasteiger partial charge in [0.15, 0.2) is 0 Å². The van der Waals surface area contributed by atoms with Crippen molar-refractivity contribution in [3.05, 3.63) is 53.6 Å². The fourth-order valence-electron chi connectivity index (χ4n) is 2.87. The van der Waals surface area contributed by atoms with Crippen LogP contribution in [0.4, 0.5) is 17.1 Å². The van der Waals surface area contributed by atoms with Crippen LogP contribution < -0.4 is 15.5 Å². The zero-order chi connectivity index (χ0) is 18.7. The number of benzene rings is 2. The van der Waals surface area contributed by atoms with E-state index in [2.05, 4.69) is 10.6 Å². The SMILES string of the molecule is CC(=O)Nc1cccc(N2C[C@H](C(=O)Nc3ccc(Cl)cc3)CC2=O)c1. The van der Waals surface area contributed by atoms with Crippen molar-refractivity contribution in [3.8, 4) is 0 Å². The lowest BCUT2D eigenvalue weighted by Gasteiger charge is -2.18. The van der Waals surface area contributed by atoms with Crippen molar-refractivity contribution in [2.45, 2.75) is 13.3 Å². The van der Waals surface area contributed by atoms with Crippen LogP contribution in [-0.4, -0.2) is 24.3 Å². The van der Waals surface area contributed by atoms with Crippen molar-refractivity contribution in [2.75, 3.05) is 22.1 Å². The molecule has 1 aliphatic rings. The van der Waals surface area contributed by atoms with E-state index in [0.717, 1.165) is 0 Å². The summed E-state index contributed by atoms with van der Waals surface area (Å²) in [4.78, 5) is 37.6. The zero-order valence-electron chi connectivity index (χ0n) is 14.2. The maximum Gasteiger partial charge on any atom is 0.229 e. The average molecular weight is 372 g/mol. The summed E-state index contributed by atoms with van der Waals surface area (Å²) in [6.45, 7) is 1.71. The Kier molecular flexibility index (Phi) is 5.23. The number of nitrogens with zero attached hydrogens (tertiary/aromatic N) is 1. The molecule has 1 saturated heterocycles. The molecule has 0 unspecified atom stereocenters. The first-order chi connectivity index (χ1) is 12.4. The Hall–Kier alpha value is -2.86. The maximum atomic E-state index is 12.5. The number of anilines is 3. The van der Waals surface area contributed by atoms with E-state index in [0.29, 0.717) is 28.6 Å². The quantitative estimate of drug-likeness (QED) is 0.865. The molecule has 1 atom stereocenters. The highest BCUT2D eigenvalue weighted by Gasteiger charge is 2.35. The lowest BCUT2D eigenvalue weighted by atomic mass is 10.1. The molecule has 0 radical (unpaired) electrons. The normalized spacial score (nSPS) is 16.5. The number of halogens is 1. The van der Waals surface area contributed by atoms with Gasteiger partial charge in [-0.3, -0.25) is 14.4 Å². The van der Waals surface area contributed by atoms with Gasteiger partial charge in [0.1, 0.15) is 0 Å². The standard InChI is InChI=1S/C19H18ClN3O3/c1-12(24)21-16-3-2-4-17(10-16)23-11-13(9-18(23)25)19(26)22-15-7-5-14(20)6-8-15/h2-8,10,13H,9,11H2,1H3,(H,21,24)(H,22,26)/t13-/m1/s1. The third kappa shape index (κ3) is 4.21. The first-order valence-corrected chi connectivity index (χ1v) is 8.54. The molecule has 1 fully saturated rings. The molecule has 0 saturated carbocycles. The second-order valence-electron chi connectivity index (χ2n) is 6.13. The van der Waals surface area contributed by atoms with E-state index >= 15 is 0 Å². The highest BCUT2D eigenvalue weighted by atomic mass is 35.5. The van der Waals surface area contributed by atoms with E-state index in [1.54, 1.807) is 53.4 Å². The molecule has 7 heteroatoms. The van der Waals surface area contributed by atoms with Gasteiger partial charge in [0.2, 0.25) is 17.7 Å². The molecule has 26 heavy (non-hydrogen) atoms. The Labute approximate surface area is 156 Å². The van der Waals surface area contributed by atoms with E-state index < -0.39 is 5.92 Å². The molecule has 2 N–H and O–H groups in total. The summed E-state index contributed by atoms with van der Waals surface area (Å²) in [6.07, 6.45) is 0.143. The highest BCUT2D eigenvalue weighted by Crippen LogP contribution is 2.28. The lowest BCUT2D eigenvalue weighted by Crippen LogP contribution is -2.28. The summed E-state index contributed by atoms with van der Waals surface area (Å²) < 4.78 is 0. The lowest BCUT2D eigenvalue weighted by molar-refractivity contribution is -0.122. The number of carbonyl (C=O) groups is 3. The molecule has 0 aliphatic carbocycles. The van der Waals surface area contributed by atoms with Gasteiger partial charge < -0.3 is 15.5 Å². The van der Waals surface area contributed by atoms with Crippen LogP contribution in [0.15, 0.2) is 48.5 Å². The van der Waals surface area contributed by atoms with E-state index in [-0.39, 0.29) is 24.1 Å². The Morgan fingerprint density at radius 3 is 2.50 bits per heavy atom. The van der Waals surface area contributed by atoms with Crippen molar-refractivity contribution < 1.29 is 14.4 Å². The number of hydrogen-bond donors (Lipinski definition) is 2. The molecule has 0 bridgehead atoms. The Morgan fingerprint density at radius 1 is 1.08 bits per heavy atom. The molecule has 2 aromatic carbocycles. The molecule has 1 aliphatic heterocycles. The second kappa shape index (κ2) is 7.58. The average Bonchev–Trinajstić information content (AvgIpc) is 2.98. The van der Waals surface area contributed by atoms with Crippen molar-refractivity contribution in [1.82, 2.24) is 0 Å².